The van der Waals surface area contributed by atoms with Crippen LogP contribution in [0.2, 0.25) is 0 Å². The summed E-state index contributed by atoms with van der Waals surface area (Å²) in [6.07, 6.45) is 0. The molecule has 1 N–H and O–H groups in total. The minimum absolute atomic E-state index is 0.593. The molecule has 1 aromatic rings. The summed E-state index contributed by atoms with van der Waals surface area (Å²) >= 11 is 3.59. The second-order valence-corrected chi connectivity index (χ2v) is 5.22. The molecule has 0 saturated carbocycles. The Bertz CT molecular complexity index is 374. The maximum Gasteiger partial charge on any atom is 0.0728 e. The van der Waals surface area contributed by atoms with Crippen molar-refractivity contribution in [1.29, 1.82) is 0 Å². The highest BCUT2D eigenvalue weighted by Crippen LogP contribution is 2.19. The number of hydrogen-bond acceptors (Lipinski definition) is 4. The zero-order valence-corrected chi connectivity index (χ0v) is 13.9. The molecule has 0 bridgehead atoms. The fraction of sp³-hybridized carbons (Fsp3) is 0.600. The van der Waals surface area contributed by atoms with E-state index in [1.54, 1.807) is 7.11 Å². The molecule has 0 fully saturated rings. The Hall–Kier alpha value is -0.460. The first-order valence-corrected chi connectivity index (χ1v) is 7.69. The van der Waals surface area contributed by atoms with E-state index in [1.165, 1.54) is 5.56 Å². The van der Waals surface area contributed by atoms with Crippen LogP contribution in [-0.4, -0.2) is 40.1 Å². The standard InChI is InChI=1S/C15H24BrNO3/c1-3-17-11-13-4-5-14(15(16)10-13)12-20-9-8-19-7-6-18-2/h4-5,10,17H,3,6-9,11-12H2,1-2H3. The molecular formula is C15H24BrNO3. The van der Waals surface area contributed by atoms with Crippen molar-refractivity contribution in [3.05, 3.63) is 33.8 Å². The van der Waals surface area contributed by atoms with Gasteiger partial charge in [-0.1, -0.05) is 35.0 Å². The molecule has 4 nitrogen and oxygen atoms in total. The van der Waals surface area contributed by atoms with E-state index >= 15 is 0 Å². The van der Waals surface area contributed by atoms with Gasteiger partial charge in [-0.3, -0.25) is 0 Å². The first-order chi connectivity index (χ1) is 9.77. The molecule has 20 heavy (non-hydrogen) atoms. The highest BCUT2D eigenvalue weighted by Gasteiger charge is 2.02. The van der Waals surface area contributed by atoms with E-state index in [-0.39, 0.29) is 0 Å². The summed E-state index contributed by atoms with van der Waals surface area (Å²) in [7, 11) is 1.66. The van der Waals surface area contributed by atoms with Crippen LogP contribution < -0.4 is 5.32 Å². The Balaban J connectivity index is 2.23. The van der Waals surface area contributed by atoms with Gasteiger partial charge in [-0.05, 0) is 23.7 Å². The molecule has 0 aliphatic carbocycles. The average molecular weight is 346 g/mol. The van der Waals surface area contributed by atoms with Crippen molar-refractivity contribution in [3.63, 3.8) is 0 Å². The number of methoxy groups -OCH3 is 1. The van der Waals surface area contributed by atoms with Gasteiger partial charge in [0.15, 0.2) is 0 Å². The zero-order valence-electron chi connectivity index (χ0n) is 12.3. The molecule has 0 saturated heterocycles. The molecule has 0 radical (unpaired) electrons. The predicted molar refractivity (Wildman–Crippen MR) is 83.9 cm³/mol. The van der Waals surface area contributed by atoms with Gasteiger partial charge in [-0.25, -0.2) is 0 Å². The Morgan fingerprint density at radius 1 is 1.10 bits per heavy atom. The number of benzene rings is 1. The third-order valence-corrected chi connectivity index (χ3v) is 3.50. The van der Waals surface area contributed by atoms with Crippen LogP contribution in [0.3, 0.4) is 0 Å². The molecule has 0 aromatic heterocycles. The lowest BCUT2D eigenvalue weighted by Crippen LogP contribution is -2.12. The Morgan fingerprint density at radius 3 is 2.55 bits per heavy atom. The van der Waals surface area contributed by atoms with Gasteiger partial charge in [0, 0.05) is 18.1 Å². The van der Waals surface area contributed by atoms with Crippen LogP contribution in [0.25, 0.3) is 0 Å². The highest BCUT2D eigenvalue weighted by molar-refractivity contribution is 9.10. The maximum atomic E-state index is 5.59. The second kappa shape index (κ2) is 11.2. The van der Waals surface area contributed by atoms with Gasteiger partial charge in [0.2, 0.25) is 0 Å². The minimum Gasteiger partial charge on any atom is -0.382 e. The quantitative estimate of drug-likeness (QED) is 0.626. The van der Waals surface area contributed by atoms with Crippen LogP contribution >= 0.6 is 15.9 Å². The van der Waals surface area contributed by atoms with E-state index in [2.05, 4.69) is 46.4 Å². The topological polar surface area (TPSA) is 39.7 Å². The van der Waals surface area contributed by atoms with Crippen molar-refractivity contribution in [1.82, 2.24) is 5.32 Å². The lowest BCUT2D eigenvalue weighted by molar-refractivity contribution is 0.0198. The third-order valence-electron chi connectivity index (χ3n) is 2.76. The summed E-state index contributed by atoms with van der Waals surface area (Å²) in [4.78, 5) is 0. The molecule has 1 aromatic carbocycles. The van der Waals surface area contributed by atoms with Crippen LogP contribution in [0.1, 0.15) is 18.1 Å². The molecule has 0 spiro atoms. The van der Waals surface area contributed by atoms with Crippen LogP contribution in [0.5, 0.6) is 0 Å². The SMILES string of the molecule is CCNCc1ccc(COCCOCCOC)c(Br)c1. The van der Waals surface area contributed by atoms with Crippen molar-refractivity contribution in [2.45, 2.75) is 20.1 Å². The fourth-order valence-electron chi connectivity index (χ4n) is 1.63. The lowest BCUT2D eigenvalue weighted by Gasteiger charge is -2.09. The zero-order chi connectivity index (χ0) is 14.6. The van der Waals surface area contributed by atoms with E-state index in [1.807, 2.05) is 0 Å². The van der Waals surface area contributed by atoms with Gasteiger partial charge >= 0.3 is 0 Å². The molecule has 5 heteroatoms. The van der Waals surface area contributed by atoms with Gasteiger partial charge in [-0.15, -0.1) is 0 Å². The Morgan fingerprint density at radius 2 is 1.85 bits per heavy atom. The summed E-state index contributed by atoms with van der Waals surface area (Å²) in [5.74, 6) is 0. The number of ether oxygens (including phenoxy) is 3. The summed E-state index contributed by atoms with van der Waals surface area (Å²) in [6, 6.07) is 6.36. The van der Waals surface area contributed by atoms with Crippen LogP contribution in [0.15, 0.2) is 22.7 Å². The molecule has 1 rings (SSSR count). The number of rotatable bonds is 11. The van der Waals surface area contributed by atoms with Gasteiger partial charge in [-0.2, -0.15) is 0 Å². The van der Waals surface area contributed by atoms with E-state index in [4.69, 9.17) is 14.2 Å². The van der Waals surface area contributed by atoms with Gasteiger partial charge in [0.1, 0.15) is 0 Å². The predicted octanol–water partition coefficient (Wildman–Crippen LogP) is 2.74. The molecule has 0 aliphatic heterocycles. The van der Waals surface area contributed by atoms with Crippen molar-refractivity contribution >= 4 is 15.9 Å². The average Bonchev–Trinajstić information content (AvgIpc) is 2.46. The van der Waals surface area contributed by atoms with Crippen molar-refractivity contribution in [2.24, 2.45) is 0 Å². The normalized spacial score (nSPS) is 10.9. The van der Waals surface area contributed by atoms with Crippen molar-refractivity contribution in [3.8, 4) is 0 Å². The van der Waals surface area contributed by atoms with Crippen molar-refractivity contribution in [2.75, 3.05) is 40.1 Å². The minimum atomic E-state index is 0.593. The maximum absolute atomic E-state index is 5.59. The molecular weight excluding hydrogens is 322 g/mol. The number of nitrogens with one attached hydrogen (secondary N) is 1. The molecule has 0 heterocycles. The van der Waals surface area contributed by atoms with E-state index in [0.29, 0.717) is 33.0 Å². The summed E-state index contributed by atoms with van der Waals surface area (Å²) < 4.78 is 16.9. The van der Waals surface area contributed by atoms with Crippen LogP contribution in [0, 0.1) is 0 Å². The lowest BCUT2D eigenvalue weighted by atomic mass is 10.1. The first-order valence-electron chi connectivity index (χ1n) is 6.90. The van der Waals surface area contributed by atoms with E-state index < -0.39 is 0 Å². The van der Waals surface area contributed by atoms with E-state index in [9.17, 15) is 0 Å². The smallest absolute Gasteiger partial charge is 0.0728 e. The second-order valence-electron chi connectivity index (χ2n) is 4.36. The number of hydrogen-bond donors (Lipinski definition) is 1. The molecule has 0 aliphatic rings. The van der Waals surface area contributed by atoms with Gasteiger partial charge in [0.05, 0.1) is 33.0 Å². The molecule has 114 valence electrons. The van der Waals surface area contributed by atoms with E-state index in [0.717, 1.165) is 23.1 Å². The monoisotopic (exact) mass is 345 g/mol. The van der Waals surface area contributed by atoms with Gasteiger partial charge in [0.25, 0.3) is 0 Å². The summed E-state index contributed by atoms with van der Waals surface area (Å²) in [5, 5.41) is 3.31. The van der Waals surface area contributed by atoms with Crippen molar-refractivity contribution < 1.29 is 14.2 Å². The first kappa shape index (κ1) is 17.6. The van der Waals surface area contributed by atoms with Crippen LogP contribution in [0.4, 0.5) is 0 Å². The number of halogens is 1. The molecule has 0 atom stereocenters. The highest BCUT2D eigenvalue weighted by atomic mass is 79.9. The fourth-order valence-corrected chi connectivity index (χ4v) is 2.17. The molecule has 0 amide bonds. The molecule has 0 unspecified atom stereocenters. The largest absolute Gasteiger partial charge is 0.382 e. The van der Waals surface area contributed by atoms with Crippen LogP contribution in [-0.2, 0) is 27.4 Å². The third kappa shape index (κ3) is 7.36. The Labute approximate surface area is 129 Å². The summed E-state index contributed by atoms with van der Waals surface area (Å²) in [6.45, 7) is 6.99. The Kier molecular flexibility index (Phi) is 9.87. The summed E-state index contributed by atoms with van der Waals surface area (Å²) in [5.41, 5.74) is 2.42. The van der Waals surface area contributed by atoms with Gasteiger partial charge < -0.3 is 19.5 Å².